The number of halogens is 1. The molecule has 0 atom stereocenters. The van der Waals surface area contributed by atoms with Gasteiger partial charge in [0, 0.05) is 24.0 Å². The molecule has 3 rings (SSSR count). The van der Waals surface area contributed by atoms with Crippen LogP contribution in [0.25, 0.3) is 0 Å². The fraction of sp³-hybridized carbons (Fsp3) is 0.583. The molecule has 0 aliphatic carbocycles. The molecule has 1 aliphatic heterocycles. The molecule has 0 bridgehead atoms. The summed E-state index contributed by atoms with van der Waals surface area (Å²) in [5.74, 6) is 1.60. The Bertz CT molecular complexity index is 1090. The molecular weight excluding hydrogens is 604 g/mol. The van der Waals surface area contributed by atoms with Crippen LogP contribution in [0.3, 0.4) is 0 Å². The number of unbranched alkanes of at least 4 members (excludes halogenated alkanes) is 11. The maximum Gasteiger partial charge on any atom is 0.259 e. The molecule has 0 unspecified atom stereocenters. The molecule has 0 saturated heterocycles. The number of amides is 1. The van der Waals surface area contributed by atoms with Gasteiger partial charge in [-0.15, -0.1) is 28.7 Å². The molecule has 1 heterocycles. The van der Waals surface area contributed by atoms with Gasteiger partial charge in [0.1, 0.15) is 5.75 Å². The zero-order valence-corrected chi connectivity index (χ0v) is 29.3. The van der Waals surface area contributed by atoms with Crippen molar-refractivity contribution in [1.29, 1.82) is 0 Å². The second-order valence-electron chi connectivity index (χ2n) is 12.6. The highest BCUT2D eigenvalue weighted by atomic mass is 79.9. The zero-order chi connectivity index (χ0) is 29.5. The molecule has 1 aliphatic rings. The molecule has 2 aromatic carbocycles. The van der Waals surface area contributed by atoms with Crippen molar-refractivity contribution in [2.24, 2.45) is 0 Å². The number of ether oxygens (including phenoxy) is 1. The van der Waals surface area contributed by atoms with Crippen LogP contribution in [0.5, 0.6) is 5.75 Å². The highest BCUT2D eigenvalue weighted by molar-refractivity contribution is 8.93. The first-order valence-corrected chi connectivity index (χ1v) is 17.0. The van der Waals surface area contributed by atoms with Gasteiger partial charge >= 0.3 is 0 Å². The van der Waals surface area contributed by atoms with E-state index in [0.717, 1.165) is 35.8 Å². The van der Waals surface area contributed by atoms with E-state index in [9.17, 15) is 4.79 Å². The summed E-state index contributed by atoms with van der Waals surface area (Å²) in [6.45, 7) is 12.5. The summed E-state index contributed by atoms with van der Waals surface area (Å²) in [4.78, 5) is 17.1. The monoisotopic (exact) mass is 658 g/mol. The number of carbonyl (C=O) groups is 1. The largest absolute Gasteiger partial charge is 0.492 e. The first-order chi connectivity index (χ1) is 19.8. The van der Waals surface area contributed by atoms with E-state index in [1.165, 1.54) is 81.1 Å². The number of para-hydroxylation sites is 1. The third-order valence-electron chi connectivity index (χ3n) is 7.73. The molecule has 0 saturated carbocycles. The Hall–Kier alpha value is -1.92. The lowest BCUT2D eigenvalue weighted by Gasteiger charge is -2.24. The number of hydrogen-bond acceptors (Lipinski definition) is 4. The Balaban J connectivity index is 0.00000616. The summed E-state index contributed by atoms with van der Waals surface area (Å²) in [7, 11) is 0. The second-order valence-corrected chi connectivity index (χ2v) is 13.8. The van der Waals surface area contributed by atoms with Crippen molar-refractivity contribution in [2.45, 2.75) is 124 Å². The molecule has 1 N–H and O–H groups in total. The van der Waals surface area contributed by atoms with E-state index in [2.05, 4.69) is 69.2 Å². The third-order valence-corrected chi connectivity index (χ3v) is 8.75. The van der Waals surface area contributed by atoms with Crippen LogP contribution in [0, 0.1) is 0 Å². The smallest absolute Gasteiger partial charge is 0.259 e. The van der Waals surface area contributed by atoms with E-state index >= 15 is 0 Å². The van der Waals surface area contributed by atoms with Gasteiger partial charge in [-0.1, -0.05) is 123 Å². The first-order valence-electron chi connectivity index (χ1n) is 16.0. The molecule has 234 valence electrons. The molecule has 1 amide bonds. The van der Waals surface area contributed by atoms with Crippen molar-refractivity contribution < 1.29 is 9.53 Å². The molecule has 0 spiro atoms. The van der Waals surface area contributed by atoms with Gasteiger partial charge in [0.25, 0.3) is 5.91 Å². The van der Waals surface area contributed by atoms with Crippen LogP contribution in [0.1, 0.15) is 133 Å². The van der Waals surface area contributed by atoms with E-state index < -0.39 is 0 Å². The Kier molecular flexibility index (Phi) is 16.7. The van der Waals surface area contributed by atoms with Crippen molar-refractivity contribution in [2.75, 3.05) is 17.8 Å². The number of nitrogens with one attached hydrogen (secondary N) is 1. The van der Waals surface area contributed by atoms with Crippen molar-refractivity contribution in [3.8, 4) is 5.75 Å². The van der Waals surface area contributed by atoms with Crippen LogP contribution in [0.2, 0.25) is 0 Å². The number of thioether (sulfide) groups is 1. The van der Waals surface area contributed by atoms with Gasteiger partial charge < -0.3 is 15.0 Å². The zero-order valence-electron chi connectivity index (χ0n) is 26.8. The van der Waals surface area contributed by atoms with Gasteiger partial charge in [0.2, 0.25) is 0 Å². The fourth-order valence-corrected chi connectivity index (χ4v) is 6.07. The normalized spacial score (nSPS) is 13.1. The van der Waals surface area contributed by atoms with Gasteiger partial charge in [-0.25, -0.2) is 0 Å². The third kappa shape index (κ3) is 12.8. The quantitative estimate of drug-likeness (QED) is 0.162. The van der Waals surface area contributed by atoms with E-state index in [4.69, 9.17) is 4.74 Å². The predicted molar refractivity (Wildman–Crippen MR) is 188 cm³/mol. The van der Waals surface area contributed by atoms with Gasteiger partial charge in [0.15, 0.2) is 0 Å². The SMILES string of the molecule is Br.CCCCCCCCCCCCCCOc1c(C(=O)Nc2ccc(CN3C=C(C)SC3)cc2)cccc1C(C)(C)C. The predicted octanol–water partition coefficient (Wildman–Crippen LogP) is 11.3. The molecule has 42 heavy (non-hydrogen) atoms. The van der Waals surface area contributed by atoms with E-state index in [0.29, 0.717) is 12.2 Å². The number of rotatable bonds is 18. The summed E-state index contributed by atoms with van der Waals surface area (Å²) in [6.07, 6.45) is 18.0. The Morgan fingerprint density at radius 1 is 0.881 bits per heavy atom. The molecular formula is C36H55BrN2O2S. The minimum absolute atomic E-state index is 0. The molecule has 4 nitrogen and oxygen atoms in total. The lowest BCUT2D eigenvalue weighted by molar-refractivity contribution is 0.102. The maximum absolute atomic E-state index is 13.4. The second kappa shape index (κ2) is 19.4. The van der Waals surface area contributed by atoms with Crippen LogP contribution in [-0.2, 0) is 12.0 Å². The molecule has 0 fully saturated rings. The van der Waals surface area contributed by atoms with Crippen LogP contribution >= 0.6 is 28.7 Å². The summed E-state index contributed by atoms with van der Waals surface area (Å²) in [6, 6.07) is 14.1. The number of hydrogen-bond donors (Lipinski definition) is 1. The summed E-state index contributed by atoms with van der Waals surface area (Å²) in [5, 5.41) is 3.11. The number of benzene rings is 2. The highest BCUT2D eigenvalue weighted by Gasteiger charge is 2.24. The van der Waals surface area contributed by atoms with E-state index in [-0.39, 0.29) is 28.3 Å². The molecule has 0 aromatic heterocycles. The minimum atomic E-state index is -0.122. The molecule has 0 radical (unpaired) electrons. The van der Waals surface area contributed by atoms with Crippen LogP contribution in [0.4, 0.5) is 5.69 Å². The summed E-state index contributed by atoms with van der Waals surface area (Å²) in [5.41, 5.74) is 3.59. The first kappa shape index (κ1) is 36.3. The van der Waals surface area contributed by atoms with Gasteiger partial charge in [-0.3, -0.25) is 4.79 Å². The van der Waals surface area contributed by atoms with Crippen molar-refractivity contribution >= 4 is 40.3 Å². The standard InChI is InChI=1S/C36H54N2O2S.BrH/c1-6-7-8-9-10-11-12-13-14-15-16-17-25-40-34-32(19-18-20-33(34)36(3,4)5)35(39)37-31-23-21-30(22-24-31)27-38-26-29(2)41-28-38;/h18-24,26H,6-17,25,27-28H2,1-5H3,(H,37,39);1H. The molecule has 6 heteroatoms. The van der Waals surface area contributed by atoms with Gasteiger partial charge in [-0.2, -0.15) is 0 Å². The Morgan fingerprint density at radius 3 is 2.02 bits per heavy atom. The van der Waals surface area contributed by atoms with Crippen LogP contribution < -0.4 is 10.1 Å². The number of allylic oxidation sites excluding steroid dienone is 1. The Labute approximate surface area is 271 Å². The maximum atomic E-state index is 13.4. The van der Waals surface area contributed by atoms with Crippen molar-refractivity contribution in [3.63, 3.8) is 0 Å². The lowest BCUT2D eigenvalue weighted by Crippen LogP contribution is -2.19. The lowest BCUT2D eigenvalue weighted by atomic mass is 9.85. The highest BCUT2D eigenvalue weighted by Crippen LogP contribution is 2.35. The van der Waals surface area contributed by atoms with Crippen LogP contribution in [-0.4, -0.2) is 23.3 Å². The van der Waals surface area contributed by atoms with E-state index in [1.54, 1.807) is 0 Å². The fourth-order valence-electron chi connectivity index (χ4n) is 5.31. The average molecular weight is 660 g/mol. The molecule has 2 aromatic rings. The number of anilines is 1. The number of nitrogens with zero attached hydrogens (tertiary/aromatic N) is 1. The Morgan fingerprint density at radius 2 is 1.48 bits per heavy atom. The minimum Gasteiger partial charge on any atom is -0.492 e. The summed E-state index contributed by atoms with van der Waals surface area (Å²) < 4.78 is 6.37. The van der Waals surface area contributed by atoms with Crippen LogP contribution in [0.15, 0.2) is 53.6 Å². The van der Waals surface area contributed by atoms with Gasteiger partial charge in [-0.05, 0) is 47.4 Å². The topological polar surface area (TPSA) is 41.6 Å². The van der Waals surface area contributed by atoms with Gasteiger partial charge in [0.05, 0.1) is 18.0 Å². The van der Waals surface area contributed by atoms with Crippen molar-refractivity contribution in [3.05, 3.63) is 70.3 Å². The summed E-state index contributed by atoms with van der Waals surface area (Å²) >= 11 is 1.87. The van der Waals surface area contributed by atoms with Crippen molar-refractivity contribution in [1.82, 2.24) is 4.90 Å². The number of carbonyl (C=O) groups excluding carboxylic acids is 1. The average Bonchev–Trinajstić information content (AvgIpc) is 3.35. The van der Waals surface area contributed by atoms with E-state index in [1.807, 2.05) is 36.0 Å².